The zero-order valence-corrected chi connectivity index (χ0v) is 11.5. The third-order valence-electron chi connectivity index (χ3n) is 3.91. The Bertz CT molecular complexity index is 162. The Kier molecular flexibility index (Phi) is 7.06. The predicted molar refractivity (Wildman–Crippen MR) is 71.8 cm³/mol. The Labute approximate surface area is 102 Å². The van der Waals surface area contributed by atoms with Crippen molar-refractivity contribution in [2.45, 2.75) is 58.4 Å². The average molecular weight is 226 g/mol. The molecule has 2 nitrogen and oxygen atoms in total. The highest BCUT2D eigenvalue weighted by Gasteiger charge is 2.34. The van der Waals surface area contributed by atoms with E-state index < -0.39 is 0 Å². The molecule has 0 bridgehead atoms. The van der Waals surface area contributed by atoms with Crippen LogP contribution in [0, 0.1) is 5.92 Å². The zero-order chi connectivity index (χ0) is 11.8. The number of nitrogens with zero attached hydrogens (tertiary/aromatic N) is 1. The molecule has 0 aromatic rings. The summed E-state index contributed by atoms with van der Waals surface area (Å²) in [5.41, 5.74) is 0. The Morgan fingerprint density at radius 2 is 1.69 bits per heavy atom. The van der Waals surface area contributed by atoms with Gasteiger partial charge in [0.1, 0.15) is 0 Å². The van der Waals surface area contributed by atoms with Crippen molar-refractivity contribution in [3.8, 4) is 0 Å². The Morgan fingerprint density at radius 3 is 2.06 bits per heavy atom. The van der Waals surface area contributed by atoms with Crippen molar-refractivity contribution in [3.63, 3.8) is 0 Å². The van der Waals surface area contributed by atoms with E-state index >= 15 is 0 Å². The lowest BCUT2D eigenvalue weighted by molar-refractivity contribution is 0.0603. The van der Waals surface area contributed by atoms with Gasteiger partial charge in [-0.15, -0.1) is 0 Å². The summed E-state index contributed by atoms with van der Waals surface area (Å²) >= 11 is 0. The monoisotopic (exact) mass is 226 g/mol. The average Bonchev–Trinajstić information content (AvgIpc) is 2.27. The van der Waals surface area contributed by atoms with Gasteiger partial charge in [-0.05, 0) is 58.3 Å². The van der Waals surface area contributed by atoms with Crippen LogP contribution in [0.2, 0.25) is 0 Å². The Balaban J connectivity index is 2.34. The van der Waals surface area contributed by atoms with Gasteiger partial charge in [-0.1, -0.05) is 26.7 Å². The normalized spacial score (nSPS) is 24.8. The highest BCUT2D eigenvalue weighted by Crippen LogP contribution is 2.32. The molecule has 0 aliphatic heterocycles. The summed E-state index contributed by atoms with van der Waals surface area (Å²) < 4.78 is 0. The molecule has 2 unspecified atom stereocenters. The molecule has 1 aliphatic rings. The number of hydrogen-bond acceptors (Lipinski definition) is 2. The second kappa shape index (κ2) is 8.08. The van der Waals surface area contributed by atoms with E-state index in [1.165, 1.54) is 58.2 Å². The molecule has 0 amide bonds. The van der Waals surface area contributed by atoms with E-state index in [-0.39, 0.29) is 0 Å². The van der Waals surface area contributed by atoms with E-state index in [1.54, 1.807) is 0 Å². The molecular formula is C14H30N2. The third-order valence-corrected chi connectivity index (χ3v) is 3.91. The molecule has 2 heteroatoms. The number of hydrogen-bond donors (Lipinski definition) is 1. The standard InChI is InChI=1S/C14H30N2/c1-4-6-10-16(11-7-5-2)14-9-8-13(14)12-15-3/h13-15H,4-12H2,1-3H3. The number of unbranched alkanes of at least 4 members (excludes halogenated alkanes) is 2. The van der Waals surface area contributed by atoms with Gasteiger partial charge in [-0.2, -0.15) is 0 Å². The van der Waals surface area contributed by atoms with E-state index in [4.69, 9.17) is 0 Å². The van der Waals surface area contributed by atoms with Crippen LogP contribution in [0.3, 0.4) is 0 Å². The number of rotatable bonds is 9. The molecular weight excluding hydrogens is 196 g/mol. The van der Waals surface area contributed by atoms with Crippen LogP contribution in [-0.2, 0) is 0 Å². The van der Waals surface area contributed by atoms with Crippen LogP contribution < -0.4 is 5.32 Å². The van der Waals surface area contributed by atoms with Crippen LogP contribution in [0.4, 0.5) is 0 Å². The molecule has 0 aromatic heterocycles. The van der Waals surface area contributed by atoms with Gasteiger partial charge >= 0.3 is 0 Å². The summed E-state index contributed by atoms with van der Waals surface area (Å²) in [6, 6.07) is 0.880. The first-order valence-corrected chi connectivity index (χ1v) is 7.22. The lowest BCUT2D eigenvalue weighted by atomic mass is 9.78. The molecule has 0 heterocycles. The lowest BCUT2D eigenvalue weighted by Crippen LogP contribution is -2.50. The molecule has 1 fully saturated rings. The van der Waals surface area contributed by atoms with Gasteiger partial charge in [-0.25, -0.2) is 0 Å². The van der Waals surface area contributed by atoms with Crippen molar-refractivity contribution < 1.29 is 0 Å². The highest BCUT2D eigenvalue weighted by molar-refractivity contribution is 4.89. The molecule has 1 saturated carbocycles. The Hall–Kier alpha value is -0.0800. The predicted octanol–water partition coefficient (Wildman–Crippen LogP) is 2.89. The maximum atomic E-state index is 3.34. The van der Waals surface area contributed by atoms with Crippen LogP contribution in [-0.4, -0.2) is 37.6 Å². The van der Waals surface area contributed by atoms with E-state index in [0.717, 1.165) is 12.0 Å². The topological polar surface area (TPSA) is 15.3 Å². The molecule has 2 atom stereocenters. The van der Waals surface area contributed by atoms with Gasteiger partial charge in [-0.3, -0.25) is 0 Å². The molecule has 0 spiro atoms. The minimum absolute atomic E-state index is 0.880. The molecule has 0 saturated heterocycles. The third kappa shape index (κ3) is 4.06. The van der Waals surface area contributed by atoms with Crippen LogP contribution >= 0.6 is 0 Å². The van der Waals surface area contributed by atoms with E-state index in [9.17, 15) is 0 Å². The van der Waals surface area contributed by atoms with Crippen molar-refractivity contribution >= 4 is 0 Å². The van der Waals surface area contributed by atoms with E-state index in [0.29, 0.717) is 0 Å². The SMILES string of the molecule is CCCCN(CCCC)C1CCC1CNC. The molecule has 1 rings (SSSR count). The van der Waals surface area contributed by atoms with Gasteiger partial charge in [0.05, 0.1) is 0 Å². The van der Waals surface area contributed by atoms with Crippen LogP contribution in [0.25, 0.3) is 0 Å². The highest BCUT2D eigenvalue weighted by atomic mass is 15.2. The van der Waals surface area contributed by atoms with Gasteiger partial charge in [0.15, 0.2) is 0 Å². The molecule has 16 heavy (non-hydrogen) atoms. The molecule has 1 aliphatic carbocycles. The summed E-state index contributed by atoms with van der Waals surface area (Å²) in [4.78, 5) is 2.76. The van der Waals surface area contributed by atoms with E-state index in [2.05, 4.69) is 31.1 Å². The minimum atomic E-state index is 0.880. The largest absolute Gasteiger partial charge is 0.319 e. The smallest absolute Gasteiger partial charge is 0.0136 e. The number of nitrogens with one attached hydrogen (secondary N) is 1. The maximum absolute atomic E-state index is 3.34. The second-order valence-electron chi connectivity index (χ2n) is 5.21. The van der Waals surface area contributed by atoms with Crippen molar-refractivity contribution in [3.05, 3.63) is 0 Å². The van der Waals surface area contributed by atoms with Crippen molar-refractivity contribution in [2.24, 2.45) is 5.92 Å². The van der Waals surface area contributed by atoms with Crippen molar-refractivity contribution in [1.82, 2.24) is 10.2 Å². The molecule has 1 N–H and O–H groups in total. The van der Waals surface area contributed by atoms with Gasteiger partial charge in [0, 0.05) is 6.04 Å². The summed E-state index contributed by atoms with van der Waals surface area (Å²) in [5, 5.41) is 3.34. The fraction of sp³-hybridized carbons (Fsp3) is 1.00. The first-order valence-electron chi connectivity index (χ1n) is 7.22. The molecule has 0 radical (unpaired) electrons. The van der Waals surface area contributed by atoms with Crippen LogP contribution in [0.5, 0.6) is 0 Å². The first-order chi connectivity index (χ1) is 7.83. The summed E-state index contributed by atoms with van der Waals surface area (Å²) in [6.45, 7) is 8.44. The first kappa shape index (κ1) is 14.0. The Morgan fingerprint density at radius 1 is 1.06 bits per heavy atom. The summed E-state index contributed by atoms with van der Waals surface area (Å²) in [7, 11) is 2.08. The van der Waals surface area contributed by atoms with Gasteiger partial charge in [0.2, 0.25) is 0 Å². The fourth-order valence-electron chi connectivity index (χ4n) is 2.70. The zero-order valence-electron chi connectivity index (χ0n) is 11.5. The van der Waals surface area contributed by atoms with Crippen molar-refractivity contribution in [2.75, 3.05) is 26.7 Å². The molecule has 0 aromatic carbocycles. The van der Waals surface area contributed by atoms with E-state index in [1.807, 2.05) is 0 Å². The maximum Gasteiger partial charge on any atom is 0.0136 e. The van der Waals surface area contributed by atoms with Crippen LogP contribution in [0.15, 0.2) is 0 Å². The second-order valence-corrected chi connectivity index (χ2v) is 5.21. The quantitative estimate of drug-likeness (QED) is 0.650. The van der Waals surface area contributed by atoms with Crippen molar-refractivity contribution in [1.29, 1.82) is 0 Å². The van der Waals surface area contributed by atoms with Crippen LogP contribution in [0.1, 0.15) is 52.4 Å². The summed E-state index contributed by atoms with van der Waals surface area (Å²) in [6.07, 6.45) is 8.25. The fourth-order valence-corrected chi connectivity index (χ4v) is 2.70. The lowest BCUT2D eigenvalue weighted by Gasteiger charge is -2.44. The summed E-state index contributed by atoms with van der Waals surface area (Å²) in [5.74, 6) is 0.915. The van der Waals surface area contributed by atoms with Gasteiger partial charge in [0.25, 0.3) is 0 Å². The minimum Gasteiger partial charge on any atom is -0.319 e. The van der Waals surface area contributed by atoms with Gasteiger partial charge < -0.3 is 10.2 Å². The molecule has 96 valence electrons.